The van der Waals surface area contributed by atoms with Crippen LogP contribution in [-0.2, 0) is 4.74 Å². The number of hydrogen-bond acceptors (Lipinski definition) is 4. The van der Waals surface area contributed by atoms with Gasteiger partial charge < -0.3 is 10.1 Å². The summed E-state index contributed by atoms with van der Waals surface area (Å²) >= 11 is 4.31. The topological polar surface area (TPSA) is 21.3 Å². The molecule has 2 aliphatic rings. The number of nitrogens with one attached hydrogen (secondary N) is 1. The van der Waals surface area contributed by atoms with E-state index in [-0.39, 0.29) is 11.2 Å². The molecule has 2 heterocycles. The molecule has 0 aromatic heterocycles. The van der Waals surface area contributed by atoms with Crippen molar-refractivity contribution in [2.75, 3.05) is 18.1 Å². The van der Waals surface area contributed by atoms with Crippen LogP contribution in [0.4, 0.5) is 0 Å². The molecule has 0 amide bonds. The zero-order chi connectivity index (χ0) is 15.0. The molecule has 2 saturated heterocycles. The molecule has 0 spiro atoms. The summed E-state index contributed by atoms with van der Waals surface area (Å²) in [6.07, 6.45) is 1.16. The van der Waals surface area contributed by atoms with Gasteiger partial charge in [-0.05, 0) is 40.7 Å². The highest BCUT2D eigenvalue weighted by Gasteiger charge is 2.51. The Balaban J connectivity index is 2.19. The van der Waals surface area contributed by atoms with Crippen molar-refractivity contribution < 1.29 is 4.74 Å². The van der Waals surface area contributed by atoms with Crippen LogP contribution in [0.1, 0.15) is 48.0 Å². The highest BCUT2D eigenvalue weighted by molar-refractivity contribution is 8.07. The highest BCUT2D eigenvalue weighted by atomic mass is 32.2. The third-order valence-electron chi connectivity index (χ3n) is 4.61. The molecule has 0 bridgehead atoms. The predicted molar refractivity (Wildman–Crippen MR) is 93.0 cm³/mol. The van der Waals surface area contributed by atoms with E-state index in [0.29, 0.717) is 17.2 Å². The van der Waals surface area contributed by atoms with E-state index in [1.54, 1.807) is 0 Å². The lowest BCUT2D eigenvalue weighted by atomic mass is 9.79. The molecule has 0 aromatic rings. The Hall–Kier alpha value is 0.620. The zero-order valence-corrected chi connectivity index (χ0v) is 15.5. The molecule has 2 rings (SSSR count). The standard InChI is InChI=1S/C16H31NOS2/c1-7-17-13(14-11(2)19-8-9-20-14)12-10-15(3,4)18-16(12,5)6/h11-14,17H,7-10H2,1-6H3. The molecule has 2 fully saturated rings. The maximum Gasteiger partial charge on any atom is 0.0678 e. The molecule has 4 heteroatoms. The van der Waals surface area contributed by atoms with Crippen LogP contribution in [0.2, 0.25) is 0 Å². The molecule has 2 nitrogen and oxygen atoms in total. The lowest BCUT2D eigenvalue weighted by Crippen LogP contribution is -2.53. The molecular formula is C16H31NOS2. The van der Waals surface area contributed by atoms with Crippen molar-refractivity contribution in [3.8, 4) is 0 Å². The van der Waals surface area contributed by atoms with Gasteiger partial charge in [0, 0.05) is 34.0 Å². The zero-order valence-electron chi connectivity index (χ0n) is 13.9. The second-order valence-corrected chi connectivity index (χ2v) is 10.0. The van der Waals surface area contributed by atoms with Gasteiger partial charge in [0.25, 0.3) is 0 Å². The minimum absolute atomic E-state index is 0.0115. The lowest BCUT2D eigenvalue weighted by Gasteiger charge is -2.41. The Morgan fingerprint density at radius 2 is 1.85 bits per heavy atom. The Morgan fingerprint density at radius 3 is 2.35 bits per heavy atom. The summed E-state index contributed by atoms with van der Waals surface area (Å²) in [7, 11) is 0. The maximum atomic E-state index is 6.35. The van der Waals surface area contributed by atoms with Crippen molar-refractivity contribution in [2.45, 2.75) is 75.7 Å². The first-order valence-electron chi connectivity index (χ1n) is 7.93. The van der Waals surface area contributed by atoms with Gasteiger partial charge in [-0.25, -0.2) is 0 Å². The van der Waals surface area contributed by atoms with Crippen molar-refractivity contribution in [1.82, 2.24) is 5.32 Å². The third-order valence-corrected chi connectivity index (χ3v) is 7.82. The van der Waals surface area contributed by atoms with Crippen molar-refractivity contribution >= 4 is 23.5 Å². The first kappa shape index (κ1) is 17.0. The number of rotatable bonds is 4. The normalized spacial score (nSPS) is 37.8. The first-order chi connectivity index (χ1) is 9.27. The molecule has 4 atom stereocenters. The summed E-state index contributed by atoms with van der Waals surface area (Å²) < 4.78 is 6.35. The SMILES string of the molecule is CCNC(C1SCCSC1C)C1CC(C)(C)OC1(C)C. The molecular weight excluding hydrogens is 286 g/mol. The fourth-order valence-corrected chi connectivity index (χ4v) is 6.94. The van der Waals surface area contributed by atoms with E-state index in [1.807, 2.05) is 0 Å². The predicted octanol–water partition coefficient (Wildman–Crippen LogP) is 3.80. The smallest absolute Gasteiger partial charge is 0.0678 e. The quantitative estimate of drug-likeness (QED) is 0.851. The minimum atomic E-state index is -0.0290. The van der Waals surface area contributed by atoms with Crippen LogP contribution in [0.5, 0.6) is 0 Å². The molecule has 0 saturated carbocycles. The molecule has 4 unspecified atom stereocenters. The fourth-order valence-electron chi connectivity index (χ4n) is 3.93. The van der Waals surface area contributed by atoms with Gasteiger partial charge in [0.05, 0.1) is 11.2 Å². The fraction of sp³-hybridized carbons (Fsp3) is 1.00. The van der Waals surface area contributed by atoms with Gasteiger partial charge in [-0.15, -0.1) is 0 Å². The highest BCUT2D eigenvalue weighted by Crippen LogP contribution is 2.47. The summed E-state index contributed by atoms with van der Waals surface area (Å²) in [5, 5.41) is 5.24. The molecule has 0 radical (unpaired) electrons. The van der Waals surface area contributed by atoms with E-state index in [0.717, 1.165) is 18.2 Å². The number of hydrogen-bond donors (Lipinski definition) is 1. The van der Waals surface area contributed by atoms with Crippen molar-refractivity contribution in [1.29, 1.82) is 0 Å². The van der Waals surface area contributed by atoms with Gasteiger partial charge in [-0.2, -0.15) is 23.5 Å². The van der Waals surface area contributed by atoms with Gasteiger partial charge in [0.15, 0.2) is 0 Å². The molecule has 0 aromatic carbocycles. The van der Waals surface area contributed by atoms with Crippen LogP contribution in [0.3, 0.4) is 0 Å². The van der Waals surface area contributed by atoms with Crippen molar-refractivity contribution in [3.63, 3.8) is 0 Å². The van der Waals surface area contributed by atoms with E-state index in [4.69, 9.17) is 4.74 Å². The Morgan fingerprint density at radius 1 is 1.20 bits per heavy atom. The van der Waals surface area contributed by atoms with Crippen LogP contribution in [-0.4, -0.2) is 45.8 Å². The summed E-state index contributed by atoms with van der Waals surface area (Å²) in [4.78, 5) is 0. The van der Waals surface area contributed by atoms with Crippen molar-refractivity contribution in [2.24, 2.45) is 5.92 Å². The van der Waals surface area contributed by atoms with Gasteiger partial charge in [-0.1, -0.05) is 13.8 Å². The number of ether oxygens (including phenoxy) is 1. The van der Waals surface area contributed by atoms with E-state index >= 15 is 0 Å². The van der Waals surface area contributed by atoms with Gasteiger partial charge in [0.2, 0.25) is 0 Å². The van der Waals surface area contributed by atoms with E-state index in [1.165, 1.54) is 11.5 Å². The largest absolute Gasteiger partial charge is 0.369 e. The van der Waals surface area contributed by atoms with E-state index < -0.39 is 0 Å². The summed E-state index contributed by atoms with van der Waals surface area (Å²) in [6, 6.07) is 0.560. The average molecular weight is 318 g/mol. The van der Waals surface area contributed by atoms with Crippen LogP contribution in [0.25, 0.3) is 0 Å². The van der Waals surface area contributed by atoms with Crippen LogP contribution in [0.15, 0.2) is 0 Å². The summed E-state index contributed by atoms with van der Waals surface area (Å²) in [5.74, 6) is 3.19. The van der Waals surface area contributed by atoms with Crippen LogP contribution < -0.4 is 5.32 Å². The Bertz CT molecular complexity index is 332. The lowest BCUT2D eigenvalue weighted by molar-refractivity contribution is -0.0776. The molecule has 118 valence electrons. The second kappa shape index (κ2) is 6.39. The summed E-state index contributed by atoms with van der Waals surface area (Å²) in [6.45, 7) is 14.7. The number of thioether (sulfide) groups is 2. The minimum Gasteiger partial charge on any atom is -0.369 e. The average Bonchev–Trinajstić information content (AvgIpc) is 2.55. The van der Waals surface area contributed by atoms with Gasteiger partial charge in [0.1, 0.15) is 0 Å². The van der Waals surface area contributed by atoms with Gasteiger partial charge >= 0.3 is 0 Å². The molecule has 2 aliphatic heterocycles. The maximum absolute atomic E-state index is 6.35. The summed E-state index contributed by atoms with van der Waals surface area (Å²) in [5.41, 5.74) is -0.0176. The molecule has 20 heavy (non-hydrogen) atoms. The van der Waals surface area contributed by atoms with Crippen molar-refractivity contribution in [3.05, 3.63) is 0 Å². The van der Waals surface area contributed by atoms with Gasteiger partial charge in [-0.3, -0.25) is 0 Å². The Labute approximate surface area is 133 Å². The van der Waals surface area contributed by atoms with E-state index in [9.17, 15) is 0 Å². The molecule has 1 N–H and O–H groups in total. The van der Waals surface area contributed by atoms with E-state index in [2.05, 4.69) is 70.4 Å². The van der Waals surface area contributed by atoms with Crippen LogP contribution >= 0.6 is 23.5 Å². The van der Waals surface area contributed by atoms with Crippen LogP contribution in [0, 0.1) is 5.92 Å². The first-order valence-corrected chi connectivity index (χ1v) is 10.0. The second-order valence-electron chi connectivity index (χ2n) is 7.27. The Kier molecular flexibility index (Phi) is 5.43. The monoisotopic (exact) mass is 317 g/mol. The third kappa shape index (κ3) is 3.68. The molecule has 0 aliphatic carbocycles.